The zero-order valence-corrected chi connectivity index (χ0v) is 5.70. The summed E-state index contributed by atoms with van der Waals surface area (Å²) in [7, 11) is 0. The number of para-hydroxylation sites is 1. The van der Waals surface area contributed by atoms with Gasteiger partial charge in [0.05, 0.1) is 13.0 Å². The Labute approximate surface area is 64.5 Å². The third kappa shape index (κ3) is 0.923. The van der Waals surface area contributed by atoms with Crippen LogP contribution >= 0.6 is 0 Å². The maximum absolute atomic E-state index is 11.3. The van der Waals surface area contributed by atoms with Crippen molar-refractivity contribution in [3.05, 3.63) is 46.8 Å². The predicted octanol–water partition coefficient (Wildman–Crippen LogP) is 1.79. The van der Waals surface area contributed by atoms with E-state index in [2.05, 4.69) is 0 Å². The minimum absolute atomic E-state index is 0.103. The maximum Gasteiger partial charge on any atom is 0.192 e. The smallest absolute Gasteiger partial charge is 0.192 e. The van der Waals surface area contributed by atoms with Gasteiger partial charge < -0.3 is 4.42 Å². The number of hydrogen-bond donors (Lipinski definition) is 0. The van der Waals surface area contributed by atoms with Crippen LogP contribution in [-0.4, -0.2) is 0 Å². The lowest BCUT2D eigenvalue weighted by Crippen LogP contribution is -1.96. The molecule has 1 aromatic heterocycles. The Bertz CT molecular complexity index is 473. The molecule has 0 aliphatic heterocycles. The van der Waals surface area contributed by atoms with E-state index in [4.69, 9.17) is 5.79 Å². The molecule has 0 aliphatic rings. The van der Waals surface area contributed by atoms with Gasteiger partial charge in [-0.3, -0.25) is 4.79 Å². The molecule has 0 atom stereocenters. The van der Waals surface area contributed by atoms with Crippen molar-refractivity contribution in [3.8, 4) is 0 Å². The van der Waals surface area contributed by atoms with E-state index >= 15 is 0 Å². The molecule has 1 heterocycles. The molecule has 2 aromatic rings. The molecule has 0 spiro atoms. The number of hydrogen-bond acceptors (Lipinski definition) is 2. The lowest BCUT2D eigenvalue weighted by molar-refractivity contribution is 0.602. The van der Waals surface area contributed by atoms with Gasteiger partial charge in [0.25, 0.3) is 0 Å². The van der Waals surface area contributed by atoms with Crippen molar-refractivity contribution < 1.29 is 5.79 Å². The van der Waals surface area contributed by atoms with Gasteiger partial charge in [0, 0.05) is 6.04 Å². The second-order valence-corrected chi connectivity index (χ2v) is 2.21. The van der Waals surface area contributed by atoms with Gasteiger partial charge in [-0.2, -0.15) is 0 Å². The van der Waals surface area contributed by atoms with Crippen molar-refractivity contribution >= 4 is 11.0 Å². The Morgan fingerprint density at radius 2 is 2.18 bits per heavy atom. The lowest BCUT2D eigenvalue weighted by Gasteiger charge is -1.91. The first kappa shape index (κ1) is 5.13. The van der Waals surface area contributed by atoms with E-state index in [1.807, 2.05) is 0 Å². The van der Waals surface area contributed by atoms with Crippen LogP contribution in [0.15, 0.2) is 45.8 Å². The first-order chi connectivity index (χ1) is 5.79. The number of benzene rings is 1. The summed E-state index contributed by atoms with van der Waals surface area (Å²) in [5.74, 6) is 0. The van der Waals surface area contributed by atoms with Gasteiger partial charge >= 0.3 is 0 Å². The Morgan fingerprint density at radius 3 is 3.09 bits per heavy atom. The highest BCUT2D eigenvalue weighted by Crippen LogP contribution is 2.06. The van der Waals surface area contributed by atoms with Crippen LogP contribution in [0.2, 0.25) is 0 Å². The normalized spacial score (nSPS) is 11.5. The summed E-state index contributed by atoms with van der Waals surface area (Å²) in [6, 6.07) is 6.79. The van der Waals surface area contributed by atoms with Crippen molar-refractivity contribution in [2.45, 2.75) is 0 Å². The molecule has 11 heavy (non-hydrogen) atoms. The summed E-state index contributed by atoms with van der Waals surface area (Å²) in [6.07, 6.45) is 1.16. The topological polar surface area (TPSA) is 30.2 Å². The molecular weight excluding hydrogens is 140 g/mol. The van der Waals surface area contributed by atoms with Gasteiger partial charge in [-0.05, 0) is 12.1 Å². The van der Waals surface area contributed by atoms with Gasteiger partial charge in [0.1, 0.15) is 5.58 Å². The van der Waals surface area contributed by atoms with E-state index in [0.29, 0.717) is 11.0 Å². The van der Waals surface area contributed by atoms with Crippen LogP contribution in [0.4, 0.5) is 0 Å². The van der Waals surface area contributed by atoms with Crippen molar-refractivity contribution in [2.75, 3.05) is 0 Å². The zero-order chi connectivity index (χ0) is 8.55. The molecule has 2 rings (SSSR count). The van der Waals surface area contributed by atoms with Crippen LogP contribution in [0.1, 0.15) is 1.37 Å². The summed E-state index contributed by atoms with van der Waals surface area (Å²) >= 11 is 0. The van der Waals surface area contributed by atoms with Crippen LogP contribution in [-0.2, 0) is 0 Å². The van der Waals surface area contributed by atoms with Crippen molar-refractivity contribution in [1.82, 2.24) is 0 Å². The van der Waals surface area contributed by atoms with Crippen molar-refractivity contribution in [3.63, 3.8) is 0 Å². The average Bonchev–Trinajstić information content (AvgIpc) is 2.12. The molecule has 0 N–H and O–H groups in total. The van der Waals surface area contributed by atoms with Gasteiger partial charge in [-0.25, -0.2) is 0 Å². The fourth-order valence-electron chi connectivity index (χ4n) is 0.981. The highest BCUT2D eigenvalue weighted by Gasteiger charge is 1.95. The minimum Gasteiger partial charge on any atom is -0.464 e. The quantitative estimate of drug-likeness (QED) is 0.568. The molecule has 0 aliphatic carbocycles. The second kappa shape index (κ2) is 2.23. The fraction of sp³-hybridized carbons (Fsp3) is 0. The molecule has 0 fully saturated rings. The molecule has 0 unspecified atom stereocenters. The average molecular weight is 147 g/mol. The molecule has 0 saturated heterocycles. The van der Waals surface area contributed by atoms with E-state index < -0.39 is 0 Å². The summed E-state index contributed by atoms with van der Waals surface area (Å²) in [6.45, 7) is 0. The van der Waals surface area contributed by atoms with Crippen LogP contribution in [0.25, 0.3) is 11.0 Å². The fourth-order valence-corrected chi connectivity index (χ4v) is 0.981. The Hall–Kier alpha value is -1.57. The lowest BCUT2D eigenvalue weighted by atomic mass is 10.2. The predicted molar refractivity (Wildman–Crippen MR) is 42.5 cm³/mol. The minimum atomic E-state index is -0.281. The highest BCUT2D eigenvalue weighted by atomic mass is 16.3. The van der Waals surface area contributed by atoms with Gasteiger partial charge in [0.2, 0.25) is 0 Å². The Kier molecular flexibility index (Phi) is 1.04. The van der Waals surface area contributed by atoms with E-state index in [0.717, 1.165) is 6.26 Å². The SMILES string of the molecule is [2H]c1coc2ccccc2c1=O. The van der Waals surface area contributed by atoms with Crippen molar-refractivity contribution in [1.29, 1.82) is 0 Å². The van der Waals surface area contributed by atoms with Gasteiger partial charge in [0.15, 0.2) is 5.43 Å². The first-order valence-corrected chi connectivity index (χ1v) is 3.26. The van der Waals surface area contributed by atoms with E-state index in [-0.39, 0.29) is 11.5 Å². The van der Waals surface area contributed by atoms with Gasteiger partial charge in [-0.15, -0.1) is 0 Å². The highest BCUT2D eigenvalue weighted by molar-refractivity contribution is 5.75. The van der Waals surface area contributed by atoms with Crippen LogP contribution < -0.4 is 5.43 Å². The van der Waals surface area contributed by atoms with E-state index in [9.17, 15) is 4.79 Å². The molecule has 2 nitrogen and oxygen atoms in total. The number of fused-ring (bicyclic) bond motifs is 1. The van der Waals surface area contributed by atoms with E-state index in [1.165, 1.54) is 0 Å². The van der Waals surface area contributed by atoms with Crippen LogP contribution in [0.3, 0.4) is 0 Å². The Balaban J connectivity index is 3.01. The van der Waals surface area contributed by atoms with Gasteiger partial charge in [-0.1, -0.05) is 12.1 Å². The maximum atomic E-state index is 11.3. The summed E-state index contributed by atoms with van der Waals surface area (Å²) in [5, 5.41) is 0.463. The molecular formula is C9H6O2. The summed E-state index contributed by atoms with van der Waals surface area (Å²) < 4.78 is 12.2. The summed E-state index contributed by atoms with van der Waals surface area (Å²) in [4.78, 5) is 11.3. The molecule has 0 radical (unpaired) electrons. The third-order valence-electron chi connectivity index (χ3n) is 1.51. The van der Waals surface area contributed by atoms with Crippen molar-refractivity contribution in [2.24, 2.45) is 0 Å². The largest absolute Gasteiger partial charge is 0.464 e. The van der Waals surface area contributed by atoms with Crippen LogP contribution in [0, 0.1) is 0 Å². The number of rotatable bonds is 0. The second-order valence-electron chi connectivity index (χ2n) is 2.21. The monoisotopic (exact) mass is 147 g/mol. The molecule has 0 saturated carbocycles. The summed E-state index contributed by atoms with van der Waals surface area (Å²) in [5.41, 5.74) is 0.246. The van der Waals surface area contributed by atoms with Crippen LogP contribution in [0.5, 0.6) is 0 Å². The molecule has 1 aromatic carbocycles. The van der Waals surface area contributed by atoms with E-state index in [1.54, 1.807) is 24.3 Å². The molecule has 2 heteroatoms. The molecule has 0 bridgehead atoms. The molecule has 54 valence electrons. The molecule has 0 amide bonds. The zero-order valence-electron chi connectivity index (χ0n) is 6.70. The standard InChI is InChI=1S/C9H6O2/c10-8-5-6-11-9-4-2-1-3-7(8)9/h1-6H/i5D. The first-order valence-electron chi connectivity index (χ1n) is 3.76. The Morgan fingerprint density at radius 1 is 1.36 bits per heavy atom. The third-order valence-corrected chi connectivity index (χ3v) is 1.51.